The van der Waals surface area contributed by atoms with Gasteiger partial charge >= 0.3 is 0 Å². The first kappa shape index (κ1) is 16.7. The lowest BCUT2D eigenvalue weighted by Gasteiger charge is -2.34. The molecule has 23 heavy (non-hydrogen) atoms. The zero-order valence-electron chi connectivity index (χ0n) is 14.1. The lowest BCUT2D eigenvalue weighted by molar-refractivity contribution is -0.139. The minimum Gasteiger partial charge on any atom is -0.343 e. The van der Waals surface area contributed by atoms with Crippen molar-refractivity contribution < 1.29 is 9.59 Å². The molecule has 0 spiro atoms. The van der Waals surface area contributed by atoms with E-state index in [2.05, 4.69) is 16.0 Å². The van der Waals surface area contributed by atoms with Gasteiger partial charge in [0.25, 0.3) is 0 Å². The fourth-order valence-electron chi connectivity index (χ4n) is 4.55. The van der Waals surface area contributed by atoms with Crippen LogP contribution in [0.5, 0.6) is 0 Å². The summed E-state index contributed by atoms with van der Waals surface area (Å²) in [6, 6.07) is 0.448. The largest absolute Gasteiger partial charge is 0.343 e. The Balaban J connectivity index is 1.70. The molecule has 2 amide bonds. The molecule has 3 aliphatic rings. The molecule has 3 N–H and O–H groups in total. The van der Waals surface area contributed by atoms with E-state index < -0.39 is 0 Å². The normalized spacial score (nSPS) is 29.3. The summed E-state index contributed by atoms with van der Waals surface area (Å²) in [7, 11) is 1.76. The van der Waals surface area contributed by atoms with Crippen LogP contribution in [-0.2, 0) is 9.59 Å². The smallest absolute Gasteiger partial charge is 0.245 e. The third kappa shape index (κ3) is 3.69. The second-order valence-corrected chi connectivity index (χ2v) is 7.21. The van der Waals surface area contributed by atoms with Crippen molar-refractivity contribution in [2.24, 2.45) is 5.92 Å². The number of hydrogen-bond donors (Lipinski definition) is 3. The van der Waals surface area contributed by atoms with Crippen LogP contribution in [0.3, 0.4) is 0 Å². The number of fused-ring (bicyclic) bond motifs is 1. The van der Waals surface area contributed by atoms with Gasteiger partial charge in [-0.15, -0.1) is 0 Å². The summed E-state index contributed by atoms with van der Waals surface area (Å²) in [5.74, 6) is 0.375. The first-order chi connectivity index (χ1) is 11.2. The SMILES string of the molecule is CNCC(=O)NC(C(=O)N1CCC2NCCC21)C1CCCCC1. The molecule has 1 aliphatic carbocycles. The van der Waals surface area contributed by atoms with Crippen molar-refractivity contribution in [2.45, 2.75) is 63.1 Å². The molecule has 130 valence electrons. The first-order valence-electron chi connectivity index (χ1n) is 9.18. The van der Waals surface area contributed by atoms with Crippen molar-refractivity contribution >= 4 is 11.8 Å². The van der Waals surface area contributed by atoms with Gasteiger partial charge in [-0.25, -0.2) is 0 Å². The molecule has 0 radical (unpaired) electrons. The van der Waals surface area contributed by atoms with Crippen LogP contribution < -0.4 is 16.0 Å². The minimum atomic E-state index is -0.338. The third-order valence-electron chi connectivity index (χ3n) is 5.72. The highest BCUT2D eigenvalue weighted by Crippen LogP contribution is 2.31. The quantitative estimate of drug-likeness (QED) is 0.678. The van der Waals surface area contributed by atoms with E-state index in [4.69, 9.17) is 0 Å². The number of nitrogens with zero attached hydrogens (tertiary/aromatic N) is 1. The Bertz CT molecular complexity index is 436. The second-order valence-electron chi connectivity index (χ2n) is 7.21. The molecular formula is C17H30N4O2. The zero-order valence-corrected chi connectivity index (χ0v) is 14.1. The maximum absolute atomic E-state index is 13.2. The van der Waals surface area contributed by atoms with Crippen molar-refractivity contribution in [3.05, 3.63) is 0 Å². The van der Waals surface area contributed by atoms with Gasteiger partial charge in [0.1, 0.15) is 6.04 Å². The summed E-state index contributed by atoms with van der Waals surface area (Å²) in [4.78, 5) is 27.3. The molecule has 1 saturated carbocycles. The Kier molecular flexibility index (Phi) is 5.54. The first-order valence-corrected chi connectivity index (χ1v) is 9.18. The van der Waals surface area contributed by atoms with Gasteiger partial charge in [-0.3, -0.25) is 9.59 Å². The van der Waals surface area contributed by atoms with Crippen LogP contribution in [0, 0.1) is 5.92 Å². The van der Waals surface area contributed by atoms with E-state index in [1.165, 1.54) is 19.3 Å². The lowest BCUT2D eigenvalue weighted by Crippen LogP contribution is -2.55. The molecule has 3 rings (SSSR count). The molecule has 2 heterocycles. The zero-order chi connectivity index (χ0) is 16.2. The van der Waals surface area contributed by atoms with E-state index in [-0.39, 0.29) is 24.4 Å². The van der Waals surface area contributed by atoms with Crippen molar-refractivity contribution in [3.63, 3.8) is 0 Å². The number of carbonyl (C=O) groups is 2. The molecule has 6 heteroatoms. The Morgan fingerprint density at radius 1 is 1.17 bits per heavy atom. The average Bonchev–Trinajstić information content (AvgIpc) is 3.16. The fourth-order valence-corrected chi connectivity index (χ4v) is 4.55. The van der Waals surface area contributed by atoms with E-state index in [0.717, 1.165) is 38.8 Å². The Labute approximate surface area is 138 Å². The monoisotopic (exact) mass is 322 g/mol. The molecule has 0 aromatic heterocycles. The molecule has 0 bridgehead atoms. The van der Waals surface area contributed by atoms with E-state index >= 15 is 0 Å². The van der Waals surface area contributed by atoms with Crippen LogP contribution in [0.15, 0.2) is 0 Å². The number of likely N-dealkylation sites (N-methyl/N-ethyl adjacent to an activating group) is 1. The van der Waals surface area contributed by atoms with Crippen LogP contribution in [0.2, 0.25) is 0 Å². The molecule has 2 saturated heterocycles. The van der Waals surface area contributed by atoms with Gasteiger partial charge in [0.05, 0.1) is 6.54 Å². The second kappa shape index (κ2) is 7.62. The molecule has 6 nitrogen and oxygen atoms in total. The predicted octanol–water partition coefficient (Wildman–Crippen LogP) is 0.234. The van der Waals surface area contributed by atoms with Crippen LogP contribution in [0.25, 0.3) is 0 Å². The van der Waals surface area contributed by atoms with Crippen molar-refractivity contribution in [2.75, 3.05) is 26.7 Å². The van der Waals surface area contributed by atoms with Gasteiger partial charge in [0.15, 0.2) is 0 Å². The van der Waals surface area contributed by atoms with E-state index in [0.29, 0.717) is 18.0 Å². The summed E-state index contributed by atoms with van der Waals surface area (Å²) in [5.41, 5.74) is 0. The van der Waals surface area contributed by atoms with E-state index in [9.17, 15) is 9.59 Å². The van der Waals surface area contributed by atoms with Gasteiger partial charge < -0.3 is 20.9 Å². The molecule has 0 aromatic carbocycles. The van der Waals surface area contributed by atoms with Gasteiger partial charge in [-0.2, -0.15) is 0 Å². The summed E-state index contributed by atoms with van der Waals surface area (Å²) in [6.07, 6.45) is 7.78. The van der Waals surface area contributed by atoms with Gasteiger partial charge in [-0.1, -0.05) is 19.3 Å². The maximum Gasteiger partial charge on any atom is 0.245 e. The molecule has 3 unspecified atom stereocenters. The van der Waals surface area contributed by atoms with E-state index in [1.807, 2.05) is 4.90 Å². The van der Waals surface area contributed by atoms with Crippen LogP contribution >= 0.6 is 0 Å². The van der Waals surface area contributed by atoms with E-state index in [1.54, 1.807) is 7.05 Å². The van der Waals surface area contributed by atoms with Gasteiger partial charge in [0, 0.05) is 18.6 Å². The van der Waals surface area contributed by atoms with Crippen LogP contribution in [0.4, 0.5) is 0 Å². The number of likely N-dealkylation sites (tertiary alicyclic amines) is 1. The number of hydrogen-bond acceptors (Lipinski definition) is 4. The van der Waals surface area contributed by atoms with Crippen molar-refractivity contribution in [1.29, 1.82) is 0 Å². The lowest BCUT2D eigenvalue weighted by atomic mass is 9.83. The Morgan fingerprint density at radius 2 is 1.96 bits per heavy atom. The van der Waals surface area contributed by atoms with Gasteiger partial charge in [-0.05, 0) is 45.2 Å². The van der Waals surface area contributed by atoms with Crippen molar-refractivity contribution in [1.82, 2.24) is 20.9 Å². The van der Waals surface area contributed by atoms with Gasteiger partial charge in [0.2, 0.25) is 11.8 Å². The Morgan fingerprint density at radius 3 is 2.70 bits per heavy atom. The molecule has 0 aromatic rings. The topological polar surface area (TPSA) is 73.5 Å². The highest BCUT2D eigenvalue weighted by Gasteiger charge is 2.43. The van der Waals surface area contributed by atoms with Crippen molar-refractivity contribution in [3.8, 4) is 0 Å². The van der Waals surface area contributed by atoms with Crippen LogP contribution in [0.1, 0.15) is 44.9 Å². The number of amides is 2. The number of nitrogens with one attached hydrogen (secondary N) is 3. The summed E-state index contributed by atoms with van der Waals surface area (Å²) < 4.78 is 0. The third-order valence-corrected chi connectivity index (χ3v) is 5.72. The average molecular weight is 322 g/mol. The highest BCUT2D eigenvalue weighted by atomic mass is 16.2. The minimum absolute atomic E-state index is 0.0725. The number of rotatable bonds is 5. The highest BCUT2D eigenvalue weighted by molar-refractivity contribution is 5.89. The summed E-state index contributed by atoms with van der Waals surface area (Å²) in [5, 5.41) is 9.40. The summed E-state index contributed by atoms with van der Waals surface area (Å²) in [6.45, 7) is 2.09. The molecule has 2 aliphatic heterocycles. The fraction of sp³-hybridized carbons (Fsp3) is 0.882. The van der Waals surface area contributed by atoms with Crippen LogP contribution in [-0.4, -0.2) is 61.5 Å². The summed E-state index contributed by atoms with van der Waals surface area (Å²) >= 11 is 0. The standard InChI is InChI=1S/C17H30N4O2/c1-18-11-15(22)20-16(12-5-3-2-4-6-12)17(23)21-10-8-13-14(21)7-9-19-13/h12-14,16,18-19H,2-11H2,1H3,(H,20,22). The molecular weight excluding hydrogens is 292 g/mol. The Hall–Kier alpha value is -1.14. The molecule has 3 fully saturated rings. The predicted molar refractivity (Wildman–Crippen MR) is 89.0 cm³/mol. The number of carbonyl (C=O) groups excluding carboxylic acids is 2. The molecule has 3 atom stereocenters. The maximum atomic E-state index is 13.2.